The van der Waals surface area contributed by atoms with Crippen LogP contribution in [0.15, 0.2) is 0 Å². The topological polar surface area (TPSA) is 18.5 Å². The third-order valence-corrected chi connectivity index (χ3v) is 3.06. The molecule has 3 heteroatoms. The highest BCUT2D eigenvalue weighted by atomic mass is 79.9. The van der Waals surface area contributed by atoms with Gasteiger partial charge < -0.3 is 9.47 Å². The molecule has 0 spiro atoms. The van der Waals surface area contributed by atoms with Crippen LogP contribution in [0.4, 0.5) is 0 Å². The van der Waals surface area contributed by atoms with Crippen molar-refractivity contribution < 1.29 is 9.47 Å². The molecule has 0 heterocycles. The summed E-state index contributed by atoms with van der Waals surface area (Å²) < 4.78 is 10.8. The number of rotatable bonds is 14. The first-order chi connectivity index (χ1) is 8.41. The third kappa shape index (κ3) is 16.4. The molecule has 17 heavy (non-hydrogen) atoms. The largest absolute Gasteiger partial charge is 0.379 e. The molecule has 2 nitrogen and oxygen atoms in total. The van der Waals surface area contributed by atoms with Crippen LogP contribution in [0.3, 0.4) is 0 Å². The Bertz CT molecular complexity index is 117. The van der Waals surface area contributed by atoms with Crippen LogP contribution in [-0.4, -0.2) is 31.8 Å². The molecule has 0 amide bonds. The molecule has 0 bridgehead atoms. The molecule has 0 radical (unpaired) electrons. The zero-order chi connectivity index (χ0) is 12.6. The van der Waals surface area contributed by atoms with Crippen molar-refractivity contribution in [1.82, 2.24) is 0 Å². The molecule has 0 aromatic heterocycles. The van der Waals surface area contributed by atoms with Crippen LogP contribution in [0, 0.1) is 0 Å². The van der Waals surface area contributed by atoms with Gasteiger partial charge in [0, 0.05) is 11.9 Å². The Morgan fingerprint density at radius 1 is 0.647 bits per heavy atom. The molecule has 0 unspecified atom stereocenters. The van der Waals surface area contributed by atoms with E-state index >= 15 is 0 Å². The van der Waals surface area contributed by atoms with Gasteiger partial charge in [-0.25, -0.2) is 0 Å². The lowest BCUT2D eigenvalue weighted by atomic mass is 10.1. The van der Waals surface area contributed by atoms with Crippen molar-refractivity contribution in [3.8, 4) is 0 Å². The van der Waals surface area contributed by atoms with Crippen LogP contribution in [0.25, 0.3) is 0 Å². The lowest BCUT2D eigenvalue weighted by molar-refractivity contribution is 0.0524. The minimum absolute atomic E-state index is 0.725. The van der Waals surface area contributed by atoms with E-state index in [0.29, 0.717) is 0 Å². The Kier molecular flexibility index (Phi) is 16.8. The van der Waals surface area contributed by atoms with E-state index in [1.54, 1.807) is 0 Å². The van der Waals surface area contributed by atoms with Gasteiger partial charge in [0.1, 0.15) is 0 Å². The second-order valence-corrected chi connectivity index (χ2v) is 5.18. The third-order valence-electron chi connectivity index (χ3n) is 2.74. The molecular weight excluding hydrogens is 280 g/mol. The Labute approximate surface area is 116 Å². The summed E-state index contributed by atoms with van der Waals surface area (Å²) in [6, 6.07) is 0. The summed E-state index contributed by atoms with van der Waals surface area (Å²) in [6.07, 6.45) is 10.8. The fourth-order valence-electron chi connectivity index (χ4n) is 1.71. The summed E-state index contributed by atoms with van der Waals surface area (Å²) in [6.45, 7) is 5.40. The normalized spacial score (nSPS) is 10.9. The Morgan fingerprint density at radius 2 is 1.18 bits per heavy atom. The van der Waals surface area contributed by atoms with E-state index in [1.165, 1.54) is 51.4 Å². The first kappa shape index (κ1) is 17.4. The van der Waals surface area contributed by atoms with Gasteiger partial charge in [0.25, 0.3) is 0 Å². The van der Waals surface area contributed by atoms with Crippen LogP contribution in [0.5, 0.6) is 0 Å². The maximum Gasteiger partial charge on any atom is 0.0700 e. The van der Waals surface area contributed by atoms with Gasteiger partial charge in [-0.2, -0.15) is 0 Å². The maximum absolute atomic E-state index is 5.49. The van der Waals surface area contributed by atoms with E-state index in [9.17, 15) is 0 Å². The molecule has 0 aromatic carbocycles. The van der Waals surface area contributed by atoms with E-state index < -0.39 is 0 Å². The number of halogens is 1. The molecule has 0 saturated heterocycles. The molecule has 0 aliphatic rings. The quantitative estimate of drug-likeness (QED) is 0.346. The van der Waals surface area contributed by atoms with Crippen LogP contribution < -0.4 is 0 Å². The summed E-state index contributed by atoms with van der Waals surface area (Å²) in [5.74, 6) is 0. The van der Waals surface area contributed by atoms with Crippen LogP contribution >= 0.6 is 15.9 Å². The fourth-order valence-corrected chi connectivity index (χ4v) is 1.94. The van der Waals surface area contributed by atoms with Gasteiger partial charge in [-0.1, -0.05) is 67.8 Å². The lowest BCUT2D eigenvalue weighted by Crippen LogP contribution is -2.06. The highest BCUT2D eigenvalue weighted by Crippen LogP contribution is 2.08. The molecular formula is C14H29BrO2. The van der Waals surface area contributed by atoms with Crippen molar-refractivity contribution in [2.75, 3.05) is 31.8 Å². The zero-order valence-electron chi connectivity index (χ0n) is 11.4. The van der Waals surface area contributed by atoms with Gasteiger partial charge in [-0.3, -0.25) is 0 Å². The zero-order valence-corrected chi connectivity index (χ0v) is 13.0. The van der Waals surface area contributed by atoms with Crippen LogP contribution in [0.1, 0.15) is 58.3 Å². The molecule has 0 saturated carbocycles. The van der Waals surface area contributed by atoms with E-state index in [4.69, 9.17) is 9.47 Å². The summed E-state index contributed by atoms with van der Waals surface area (Å²) in [5, 5.41) is 0.908. The lowest BCUT2D eigenvalue weighted by Gasteiger charge is -2.05. The highest BCUT2D eigenvalue weighted by molar-refractivity contribution is 9.09. The van der Waals surface area contributed by atoms with Crippen molar-refractivity contribution in [3.05, 3.63) is 0 Å². The summed E-state index contributed by atoms with van der Waals surface area (Å²) in [5.41, 5.74) is 0. The highest BCUT2D eigenvalue weighted by Gasteiger charge is 1.92. The monoisotopic (exact) mass is 308 g/mol. The molecule has 0 atom stereocenters. The second kappa shape index (κ2) is 16.4. The fraction of sp³-hybridized carbons (Fsp3) is 1.00. The van der Waals surface area contributed by atoms with Crippen LogP contribution in [-0.2, 0) is 9.47 Å². The summed E-state index contributed by atoms with van der Waals surface area (Å²) in [7, 11) is 0. The molecule has 0 N–H and O–H groups in total. The SMILES string of the molecule is CCCCCCCCCCOCCOCCBr. The standard InChI is InChI=1S/C14H29BrO2/c1-2-3-4-5-6-7-8-9-11-16-13-14-17-12-10-15/h2-14H2,1H3. The predicted octanol–water partition coefficient (Wildman–Crippen LogP) is 4.56. The van der Waals surface area contributed by atoms with E-state index in [-0.39, 0.29) is 0 Å². The molecule has 104 valence electrons. The number of unbranched alkanes of at least 4 members (excludes halogenated alkanes) is 7. The van der Waals surface area contributed by atoms with Crippen molar-refractivity contribution in [3.63, 3.8) is 0 Å². The van der Waals surface area contributed by atoms with E-state index in [2.05, 4.69) is 22.9 Å². The Hall–Kier alpha value is 0.400. The van der Waals surface area contributed by atoms with Gasteiger partial charge in [0.15, 0.2) is 0 Å². The van der Waals surface area contributed by atoms with E-state index in [0.717, 1.165) is 31.8 Å². The number of hydrogen-bond acceptors (Lipinski definition) is 2. The molecule has 0 rings (SSSR count). The minimum Gasteiger partial charge on any atom is -0.379 e. The number of alkyl halides is 1. The van der Waals surface area contributed by atoms with Gasteiger partial charge in [0.05, 0.1) is 19.8 Å². The molecule has 0 fully saturated rings. The van der Waals surface area contributed by atoms with Crippen molar-refractivity contribution in [2.45, 2.75) is 58.3 Å². The van der Waals surface area contributed by atoms with Gasteiger partial charge >= 0.3 is 0 Å². The van der Waals surface area contributed by atoms with Crippen LogP contribution in [0.2, 0.25) is 0 Å². The first-order valence-corrected chi connectivity index (χ1v) is 8.25. The molecule has 0 aliphatic heterocycles. The summed E-state index contributed by atoms with van der Waals surface area (Å²) >= 11 is 3.32. The van der Waals surface area contributed by atoms with Gasteiger partial charge in [0.2, 0.25) is 0 Å². The summed E-state index contributed by atoms with van der Waals surface area (Å²) in [4.78, 5) is 0. The van der Waals surface area contributed by atoms with Gasteiger partial charge in [-0.15, -0.1) is 0 Å². The van der Waals surface area contributed by atoms with Crippen molar-refractivity contribution in [1.29, 1.82) is 0 Å². The average molecular weight is 309 g/mol. The number of ether oxygens (including phenoxy) is 2. The average Bonchev–Trinajstić information content (AvgIpc) is 2.35. The van der Waals surface area contributed by atoms with Crippen molar-refractivity contribution >= 4 is 15.9 Å². The Balaban J connectivity index is 2.85. The molecule has 0 aromatic rings. The van der Waals surface area contributed by atoms with Crippen molar-refractivity contribution in [2.24, 2.45) is 0 Å². The maximum atomic E-state index is 5.49. The predicted molar refractivity (Wildman–Crippen MR) is 78.0 cm³/mol. The Morgan fingerprint density at radius 3 is 1.76 bits per heavy atom. The number of hydrogen-bond donors (Lipinski definition) is 0. The second-order valence-electron chi connectivity index (χ2n) is 4.39. The first-order valence-electron chi connectivity index (χ1n) is 7.13. The van der Waals surface area contributed by atoms with E-state index in [1.807, 2.05) is 0 Å². The van der Waals surface area contributed by atoms with Gasteiger partial charge in [-0.05, 0) is 6.42 Å². The minimum atomic E-state index is 0.725. The smallest absolute Gasteiger partial charge is 0.0700 e. The molecule has 0 aliphatic carbocycles.